The lowest BCUT2D eigenvalue weighted by Gasteiger charge is -2.09. The second-order valence-corrected chi connectivity index (χ2v) is 4.85. The lowest BCUT2D eigenvalue weighted by Crippen LogP contribution is -2.09. The molecule has 1 amide bonds. The van der Waals surface area contributed by atoms with Crippen molar-refractivity contribution < 1.29 is 4.79 Å². The molecule has 0 radical (unpaired) electrons. The molecule has 4 nitrogen and oxygen atoms in total. The molecule has 2 rings (SSSR count). The third-order valence-electron chi connectivity index (χ3n) is 2.58. The van der Waals surface area contributed by atoms with Gasteiger partial charge in [-0.15, -0.1) is 0 Å². The zero-order valence-electron chi connectivity index (χ0n) is 10.8. The van der Waals surface area contributed by atoms with Gasteiger partial charge >= 0.3 is 0 Å². The number of nitrogens with zero attached hydrogens (tertiary/aromatic N) is 1. The van der Waals surface area contributed by atoms with Crippen LogP contribution in [0.1, 0.15) is 13.3 Å². The van der Waals surface area contributed by atoms with Crippen molar-refractivity contribution in [2.45, 2.75) is 13.3 Å². The highest BCUT2D eigenvalue weighted by Gasteiger charge is 2.05. The summed E-state index contributed by atoms with van der Waals surface area (Å²) in [5.41, 5.74) is 1.33. The molecule has 0 atom stereocenters. The van der Waals surface area contributed by atoms with Gasteiger partial charge < -0.3 is 10.6 Å². The van der Waals surface area contributed by atoms with Gasteiger partial charge in [-0.2, -0.15) is 0 Å². The standard InChI is InChI=1S/C14H13Cl2N3O/c1-2-13(20)18-9-6-7-12(17-8-9)19-11-5-3-4-10(15)14(11)16/h3-8H,2H2,1H3,(H,17,19)(H,18,20). The fourth-order valence-electron chi connectivity index (χ4n) is 1.53. The number of rotatable bonds is 4. The maximum absolute atomic E-state index is 11.3. The molecule has 6 heteroatoms. The lowest BCUT2D eigenvalue weighted by molar-refractivity contribution is -0.115. The van der Waals surface area contributed by atoms with Crippen molar-refractivity contribution in [3.8, 4) is 0 Å². The summed E-state index contributed by atoms with van der Waals surface area (Å²) < 4.78 is 0. The lowest BCUT2D eigenvalue weighted by atomic mass is 10.3. The maximum Gasteiger partial charge on any atom is 0.224 e. The van der Waals surface area contributed by atoms with E-state index in [1.165, 1.54) is 0 Å². The Kier molecular flexibility index (Phi) is 4.82. The molecule has 20 heavy (non-hydrogen) atoms. The molecule has 2 N–H and O–H groups in total. The minimum atomic E-state index is -0.0506. The second kappa shape index (κ2) is 6.59. The Bertz CT molecular complexity index is 614. The van der Waals surface area contributed by atoms with Crippen LogP contribution in [0.25, 0.3) is 0 Å². The smallest absolute Gasteiger partial charge is 0.224 e. The molecular weight excluding hydrogens is 297 g/mol. The van der Waals surface area contributed by atoms with Crippen molar-refractivity contribution in [3.05, 3.63) is 46.6 Å². The van der Waals surface area contributed by atoms with Gasteiger partial charge in [0.05, 0.1) is 27.6 Å². The van der Waals surface area contributed by atoms with Crippen molar-refractivity contribution in [3.63, 3.8) is 0 Å². The number of carbonyl (C=O) groups is 1. The molecule has 0 saturated heterocycles. The molecular formula is C14H13Cl2N3O. The Hall–Kier alpha value is -1.78. The third kappa shape index (κ3) is 3.62. The summed E-state index contributed by atoms with van der Waals surface area (Å²) in [5.74, 6) is 0.564. The molecule has 104 valence electrons. The number of hydrogen-bond acceptors (Lipinski definition) is 3. The number of amides is 1. The van der Waals surface area contributed by atoms with E-state index in [1.54, 1.807) is 37.4 Å². The van der Waals surface area contributed by atoms with Crippen LogP contribution in [0.4, 0.5) is 17.2 Å². The van der Waals surface area contributed by atoms with E-state index in [2.05, 4.69) is 15.6 Å². The van der Waals surface area contributed by atoms with Crippen LogP contribution in [0.3, 0.4) is 0 Å². The molecule has 0 unspecified atom stereocenters. The van der Waals surface area contributed by atoms with Gasteiger partial charge in [-0.25, -0.2) is 4.98 Å². The Morgan fingerprint density at radius 3 is 2.70 bits per heavy atom. The summed E-state index contributed by atoms with van der Waals surface area (Å²) in [4.78, 5) is 15.5. The van der Waals surface area contributed by atoms with Gasteiger partial charge in [-0.05, 0) is 24.3 Å². The molecule has 0 fully saturated rings. The number of aromatic nitrogens is 1. The highest BCUT2D eigenvalue weighted by Crippen LogP contribution is 2.31. The molecule has 1 aromatic carbocycles. The van der Waals surface area contributed by atoms with Gasteiger partial charge in [0.1, 0.15) is 5.82 Å². The molecule has 0 saturated carbocycles. The van der Waals surface area contributed by atoms with Gasteiger partial charge in [-0.3, -0.25) is 4.79 Å². The SMILES string of the molecule is CCC(=O)Nc1ccc(Nc2cccc(Cl)c2Cl)nc1. The minimum Gasteiger partial charge on any atom is -0.339 e. The molecule has 0 bridgehead atoms. The summed E-state index contributed by atoms with van der Waals surface area (Å²) in [5, 5.41) is 6.71. The van der Waals surface area contributed by atoms with Gasteiger partial charge in [0, 0.05) is 6.42 Å². The first kappa shape index (κ1) is 14.6. The largest absolute Gasteiger partial charge is 0.339 e. The van der Waals surface area contributed by atoms with Gasteiger partial charge in [0.2, 0.25) is 5.91 Å². The summed E-state index contributed by atoms with van der Waals surface area (Å²) in [6.45, 7) is 1.79. The van der Waals surface area contributed by atoms with E-state index >= 15 is 0 Å². The number of benzene rings is 1. The highest BCUT2D eigenvalue weighted by molar-refractivity contribution is 6.43. The molecule has 0 aliphatic carbocycles. The Labute approximate surface area is 127 Å². The van der Waals surface area contributed by atoms with Crippen molar-refractivity contribution >= 4 is 46.3 Å². The van der Waals surface area contributed by atoms with Crippen LogP contribution in [0.5, 0.6) is 0 Å². The van der Waals surface area contributed by atoms with E-state index in [4.69, 9.17) is 23.2 Å². The number of carbonyl (C=O) groups excluding carboxylic acids is 1. The van der Waals surface area contributed by atoms with Crippen molar-refractivity contribution in [1.29, 1.82) is 0 Å². The van der Waals surface area contributed by atoms with Crippen LogP contribution in [-0.2, 0) is 4.79 Å². The Morgan fingerprint density at radius 2 is 2.05 bits per heavy atom. The molecule has 2 aromatic rings. The highest BCUT2D eigenvalue weighted by atomic mass is 35.5. The predicted molar refractivity (Wildman–Crippen MR) is 82.9 cm³/mol. The first-order valence-electron chi connectivity index (χ1n) is 6.07. The maximum atomic E-state index is 11.3. The summed E-state index contributed by atoms with van der Waals surface area (Å²) in [6, 6.07) is 8.84. The average Bonchev–Trinajstić information content (AvgIpc) is 2.46. The number of nitrogens with one attached hydrogen (secondary N) is 2. The van der Waals surface area contributed by atoms with Crippen LogP contribution in [-0.4, -0.2) is 10.9 Å². The first-order chi connectivity index (χ1) is 9.60. The molecule has 0 spiro atoms. The second-order valence-electron chi connectivity index (χ2n) is 4.06. The van der Waals surface area contributed by atoms with Gasteiger partial charge in [0.25, 0.3) is 0 Å². The van der Waals surface area contributed by atoms with E-state index in [0.29, 0.717) is 33.7 Å². The zero-order chi connectivity index (χ0) is 14.5. The van der Waals surface area contributed by atoms with E-state index in [0.717, 1.165) is 0 Å². The van der Waals surface area contributed by atoms with Crippen LogP contribution in [0, 0.1) is 0 Å². The zero-order valence-corrected chi connectivity index (χ0v) is 12.3. The summed E-state index contributed by atoms with van der Waals surface area (Å²) >= 11 is 12.0. The van der Waals surface area contributed by atoms with E-state index in [1.807, 2.05) is 6.07 Å². The van der Waals surface area contributed by atoms with Crippen molar-refractivity contribution in [1.82, 2.24) is 4.98 Å². The van der Waals surface area contributed by atoms with Gasteiger partial charge in [-0.1, -0.05) is 36.2 Å². The fraction of sp³-hybridized carbons (Fsp3) is 0.143. The van der Waals surface area contributed by atoms with Crippen LogP contribution in [0.2, 0.25) is 10.0 Å². The number of halogens is 2. The average molecular weight is 310 g/mol. The number of pyridine rings is 1. The van der Waals surface area contributed by atoms with Crippen LogP contribution < -0.4 is 10.6 Å². The Balaban J connectivity index is 2.11. The summed E-state index contributed by atoms with van der Waals surface area (Å²) in [6.07, 6.45) is 2.01. The third-order valence-corrected chi connectivity index (χ3v) is 3.40. The number of hydrogen-bond donors (Lipinski definition) is 2. The molecule has 1 heterocycles. The van der Waals surface area contributed by atoms with E-state index in [-0.39, 0.29) is 5.91 Å². The quantitative estimate of drug-likeness (QED) is 0.875. The van der Waals surface area contributed by atoms with E-state index in [9.17, 15) is 4.79 Å². The van der Waals surface area contributed by atoms with Crippen molar-refractivity contribution in [2.24, 2.45) is 0 Å². The Morgan fingerprint density at radius 1 is 1.25 bits per heavy atom. The molecule has 1 aromatic heterocycles. The van der Waals surface area contributed by atoms with Crippen molar-refractivity contribution in [2.75, 3.05) is 10.6 Å². The fourth-order valence-corrected chi connectivity index (χ4v) is 1.88. The van der Waals surface area contributed by atoms with Gasteiger partial charge in [0.15, 0.2) is 0 Å². The van der Waals surface area contributed by atoms with E-state index < -0.39 is 0 Å². The first-order valence-corrected chi connectivity index (χ1v) is 6.82. The minimum absolute atomic E-state index is 0.0506. The topological polar surface area (TPSA) is 54.0 Å². The molecule has 0 aliphatic heterocycles. The predicted octanol–water partition coefficient (Wildman–Crippen LogP) is 4.48. The normalized spacial score (nSPS) is 10.2. The summed E-state index contributed by atoms with van der Waals surface area (Å²) in [7, 11) is 0. The van der Waals surface area contributed by atoms with Crippen LogP contribution in [0.15, 0.2) is 36.5 Å². The monoisotopic (exact) mass is 309 g/mol. The number of anilines is 3. The van der Waals surface area contributed by atoms with Crippen LogP contribution >= 0.6 is 23.2 Å². The molecule has 0 aliphatic rings.